The fraction of sp³-hybridized carbons (Fsp3) is 1.00. The zero-order valence-corrected chi connectivity index (χ0v) is 12.0. The van der Waals surface area contributed by atoms with Gasteiger partial charge in [-0.1, -0.05) is 26.2 Å². The maximum atomic E-state index is 9.67. The van der Waals surface area contributed by atoms with Gasteiger partial charge in [0.25, 0.3) is 0 Å². The molecule has 3 heteroatoms. The van der Waals surface area contributed by atoms with Crippen LogP contribution in [0.2, 0.25) is 0 Å². The molecule has 0 amide bonds. The summed E-state index contributed by atoms with van der Waals surface area (Å²) in [5.41, 5.74) is -0.181. The second kappa shape index (κ2) is 6.36. The highest BCUT2D eigenvalue weighted by molar-refractivity contribution is 5.00. The van der Waals surface area contributed by atoms with Crippen LogP contribution in [-0.2, 0) is 4.74 Å². The number of likely N-dealkylation sites (N-methyl/N-ethyl adjacent to an activating group) is 1. The van der Waals surface area contributed by atoms with Gasteiger partial charge in [-0.3, -0.25) is 0 Å². The summed E-state index contributed by atoms with van der Waals surface area (Å²) in [5.74, 6) is 1.46. The second-order valence-corrected chi connectivity index (χ2v) is 6.21. The predicted octanol–water partition coefficient (Wildman–Crippen LogP) is 2.33. The molecule has 0 aromatic rings. The average Bonchev–Trinajstić information content (AvgIpc) is 3.26. The maximum Gasteiger partial charge on any atom is 0.0677 e. The Bertz CT molecular complexity index is 249. The van der Waals surface area contributed by atoms with E-state index in [0.29, 0.717) is 18.6 Å². The van der Waals surface area contributed by atoms with E-state index in [1.54, 1.807) is 0 Å². The first kappa shape index (κ1) is 14.3. The molecule has 2 saturated carbocycles. The number of ether oxygens (including phenoxy) is 1. The van der Waals surface area contributed by atoms with E-state index < -0.39 is 0 Å². The number of aliphatic hydroxyl groups is 1. The molecule has 2 N–H and O–H groups in total. The van der Waals surface area contributed by atoms with Crippen LogP contribution in [0.4, 0.5) is 0 Å². The predicted molar refractivity (Wildman–Crippen MR) is 73.6 cm³/mol. The molecule has 0 aromatic carbocycles. The standard InChI is InChI=1S/C15H29NO2/c1-3-12-5-4-6-14(9-12)18-11-15(10-17,16-2)13-7-8-13/h12-14,16-17H,3-11H2,1-2H3. The van der Waals surface area contributed by atoms with E-state index in [1.807, 2.05) is 7.05 Å². The summed E-state index contributed by atoms with van der Waals surface area (Å²) < 4.78 is 6.14. The summed E-state index contributed by atoms with van der Waals surface area (Å²) in [4.78, 5) is 0. The van der Waals surface area contributed by atoms with Gasteiger partial charge in [0, 0.05) is 0 Å². The van der Waals surface area contributed by atoms with Gasteiger partial charge in [0.2, 0.25) is 0 Å². The molecular weight excluding hydrogens is 226 g/mol. The average molecular weight is 255 g/mol. The van der Waals surface area contributed by atoms with Crippen molar-refractivity contribution in [3.8, 4) is 0 Å². The van der Waals surface area contributed by atoms with Crippen molar-refractivity contribution in [2.24, 2.45) is 11.8 Å². The van der Waals surface area contributed by atoms with E-state index in [1.165, 1.54) is 44.9 Å². The lowest BCUT2D eigenvalue weighted by Crippen LogP contribution is -2.53. The van der Waals surface area contributed by atoms with E-state index in [4.69, 9.17) is 4.74 Å². The van der Waals surface area contributed by atoms with Crippen molar-refractivity contribution in [2.75, 3.05) is 20.3 Å². The van der Waals surface area contributed by atoms with Crippen LogP contribution in [0.1, 0.15) is 51.9 Å². The Morgan fingerprint density at radius 1 is 1.28 bits per heavy atom. The van der Waals surface area contributed by atoms with Crippen LogP contribution in [0, 0.1) is 11.8 Å². The first-order valence-corrected chi connectivity index (χ1v) is 7.65. The Morgan fingerprint density at radius 3 is 2.61 bits per heavy atom. The molecule has 2 aliphatic carbocycles. The topological polar surface area (TPSA) is 41.5 Å². The molecule has 0 radical (unpaired) electrons. The lowest BCUT2D eigenvalue weighted by Gasteiger charge is -2.35. The van der Waals surface area contributed by atoms with E-state index in [2.05, 4.69) is 12.2 Å². The van der Waals surface area contributed by atoms with Crippen molar-refractivity contribution in [1.29, 1.82) is 0 Å². The number of rotatable bonds is 7. The lowest BCUT2D eigenvalue weighted by atomic mass is 9.85. The van der Waals surface area contributed by atoms with Gasteiger partial charge in [-0.05, 0) is 44.6 Å². The molecule has 0 saturated heterocycles. The van der Waals surface area contributed by atoms with Gasteiger partial charge in [-0.25, -0.2) is 0 Å². The van der Waals surface area contributed by atoms with Crippen LogP contribution >= 0.6 is 0 Å². The normalized spacial score (nSPS) is 32.2. The third kappa shape index (κ3) is 3.25. The molecule has 3 nitrogen and oxygen atoms in total. The molecule has 2 fully saturated rings. The third-order valence-corrected chi connectivity index (χ3v) is 5.03. The van der Waals surface area contributed by atoms with Crippen molar-refractivity contribution in [3.05, 3.63) is 0 Å². The number of aliphatic hydroxyl groups excluding tert-OH is 1. The Labute approximate surface area is 111 Å². The summed E-state index contributed by atoms with van der Waals surface area (Å²) in [6, 6.07) is 0. The zero-order valence-electron chi connectivity index (χ0n) is 12.0. The summed E-state index contributed by atoms with van der Waals surface area (Å²) in [7, 11) is 1.95. The van der Waals surface area contributed by atoms with Gasteiger partial charge in [-0.15, -0.1) is 0 Å². The Kier molecular flexibility index (Phi) is 5.05. The molecule has 0 heterocycles. The summed E-state index contributed by atoms with van der Waals surface area (Å²) in [5, 5.41) is 13.0. The van der Waals surface area contributed by atoms with Crippen molar-refractivity contribution in [3.63, 3.8) is 0 Å². The van der Waals surface area contributed by atoms with Gasteiger partial charge in [0.1, 0.15) is 0 Å². The first-order chi connectivity index (χ1) is 8.74. The third-order valence-electron chi connectivity index (χ3n) is 5.03. The van der Waals surface area contributed by atoms with E-state index in [0.717, 1.165) is 5.92 Å². The molecule has 2 aliphatic rings. The minimum Gasteiger partial charge on any atom is -0.394 e. The molecule has 3 unspecified atom stereocenters. The molecule has 0 spiro atoms. The highest BCUT2D eigenvalue weighted by Gasteiger charge is 2.44. The van der Waals surface area contributed by atoms with Gasteiger partial charge in [0.05, 0.1) is 24.9 Å². The van der Waals surface area contributed by atoms with Crippen LogP contribution in [-0.4, -0.2) is 37.0 Å². The van der Waals surface area contributed by atoms with Crippen molar-refractivity contribution >= 4 is 0 Å². The van der Waals surface area contributed by atoms with Crippen molar-refractivity contribution in [2.45, 2.75) is 63.5 Å². The van der Waals surface area contributed by atoms with Gasteiger partial charge in [0.15, 0.2) is 0 Å². The molecular formula is C15H29NO2. The molecule has 2 rings (SSSR count). The number of hydrogen-bond donors (Lipinski definition) is 2. The van der Waals surface area contributed by atoms with Gasteiger partial charge < -0.3 is 15.2 Å². The Balaban J connectivity index is 1.81. The summed E-state index contributed by atoms with van der Waals surface area (Å²) in [6.07, 6.45) is 9.24. The molecule has 0 aromatic heterocycles. The van der Waals surface area contributed by atoms with Gasteiger partial charge in [-0.2, -0.15) is 0 Å². The van der Waals surface area contributed by atoms with Crippen LogP contribution in [0.15, 0.2) is 0 Å². The van der Waals surface area contributed by atoms with Crippen molar-refractivity contribution < 1.29 is 9.84 Å². The Morgan fingerprint density at radius 2 is 2.06 bits per heavy atom. The van der Waals surface area contributed by atoms with Crippen molar-refractivity contribution in [1.82, 2.24) is 5.32 Å². The Hall–Kier alpha value is -0.120. The minimum atomic E-state index is -0.181. The highest BCUT2D eigenvalue weighted by atomic mass is 16.5. The smallest absolute Gasteiger partial charge is 0.0677 e. The van der Waals surface area contributed by atoms with E-state index >= 15 is 0 Å². The fourth-order valence-electron chi connectivity index (χ4n) is 3.31. The molecule has 106 valence electrons. The number of hydrogen-bond acceptors (Lipinski definition) is 3. The molecule has 18 heavy (non-hydrogen) atoms. The second-order valence-electron chi connectivity index (χ2n) is 6.21. The largest absolute Gasteiger partial charge is 0.394 e. The van der Waals surface area contributed by atoms with Crippen LogP contribution in [0.5, 0.6) is 0 Å². The van der Waals surface area contributed by atoms with E-state index in [-0.39, 0.29) is 12.1 Å². The lowest BCUT2D eigenvalue weighted by molar-refractivity contribution is -0.0380. The molecule has 0 aliphatic heterocycles. The quantitative estimate of drug-likeness (QED) is 0.733. The van der Waals surface area contributed by atoms with E-state index in [9.17, 15) is 5.11 Å². The first-order valence-electron chi connectivity index (χ1n) is 7.65. The van der Waals surface area contributed by atoms with Crippen LogP contribution < -0.4 is 5.32 Å². The summed E-state index contributed by atoms with van der Waals surface area (Å²) in [6.45, 7) is 3.15. The zero-order chi connectivity index (χ0) is 13.0. The highest BCUT2D eigenvalue weighted by Crippen LogP contribution is 2.40. The summed E-state index contributed by atoms with van der Waals surface area (Å²) >= 11 is 0. The number of nitrogens with one attached hydrogen (secondary N) is 1. The van der Waals surface area contributed by atoms with Crippen LogP contribution in [0.3, 0.4) is 0 Å². The SMILES string of the molecule is CCC1CCCC(OCC(CO)(NC)C2CC2)C1. The van der Waals surface area contributed by atoms with Crippen LogP contribution in [0.25, 0.3) is 0 Å². The molecule has 3 atom stereocenters. The monoisotopic (exact) mass is 255 g/mol. The maximum absolute atomic E-state index is 9.67. The minimum absolute atomic E-state index is 0.181. The molecule has 0 bridgehead atoms. The fourth-order valence-corrected chi connectivity index (χ4v) is 3.31. The van der Waals surface area contributed by atoms with Gasteiger partial charge >= 0.3 is 0 Å².